The number of Topliss-reactive ketones (excluding diaryl/α,β-unsaturated/α-hetero) is 2. The van der Waals surface area contributed by atoms with Crippen LogP contribution in [0.2, 0.25) is 0 Å². The van der Waals surface area contributed by atoms with E-state index in [0.717, 1.165) is 32.0 Å². The molecule has 3 heterocycles. The number of nitrogens with zero attached hydrogens (tertiary/aromatic N) is 1. The van der Waals surface area contributed by atoms with E-state index in [-0.39, 0.29) is 50.9 Å². The van der Waals surface area contributed by atoms with Crippen molar-refractivity contribution in [2.24, 2.45) is 11.8 Å². The number of hydrogen-bond acceptors (Lipinski definition) is 8. The molecule has 2 bridgehead atoms. The second-order valence-corrected chi connectivity index (χ2v) is 16.6. The van der Waals surface area contributed by atoms with Gasteiger partial charge in [0, 0.05) is 43.0 Å². The monoisotopic (exact) mass is 841 g/mol. The van der Waals surface area contributed by atoms with Gasteiger partial charge in [0.05, 0.1) is 6.04 Å². The number of nitrogens with one attached hydrogen (secondary N) is 2. The van der Waals surface area contributed by atoms with Crippen molar-refractivity contribution >= 4 is 46.6 Å². The minimum absolute atomic E-state index is 0.0853. The van der Waals surface area contributed by atoms with E-state index in [1.807, 2.05) is 102 Å². The van der Waals surface area contributed by atoms with Gasteiger partial charge in [-0.25, -0.2) is 4.79 Å². The summed E-state index contributed by atoms with van der Waals surface area (Å²) in [6, 6.07) is 34.3. The highest BCUT2D eigenvalue weighted by atomic mass is 32.1. The van der Waals surface area contributed by atoms with E-state index in [4.69, 9.17) is 4.74 Å². The van der Waals surface area contributed by atoms with Crippen LogP contribution in [0.15, 0.2) is 127 Å². The number of carboxylic acid groups (broad SMARTS) is 1. The third kappa shape index (κ3) is 12.6. The van der Waals surface area contributed by atoms with Crippen LogP contribution in [0.5, 0.6) is 5.75 Å². The standard InChI is InChI=1S/C49H51N3O8S/c1-32(49(58)59)52(2)48(57)39-26-34-17-22-41(23-18-34)60-31-40(53)28-38(29-42-14-9-25-61-42)46(55)51-44(27-35-15-20-37(21-16-35)36-12-7-4-8-13-36)47(56)50-43(45(54)30-39)24-19-33-10-5-3-6-11-33/h3-18,20-23,25,32,38-39,43-44H,19,24,26-31H2,1-2H3,(H,50,56)(H,51,55)(H,58,59)/t32-,38+,39-,43+,44-/m1/s1. The lowest BCUT2D eigenvalue weighted by molar-refractivity contribution is -0.150. The second kappa shape index (κ2) is 21.2. The maximum atomic E-state index is 14.6. The maximum Gasteiger partial charge on any atom is 0.326 e. The Morgan fingerprint density at radius 3 is 2.05 bits per heavy atom. The average Bonchev–Trinajstić information content (AvgIpc) is 3.79. The summed E-state index contributed by atoms with van der Waals surface area (Å²) in [5.41, 5.74) is 4.39. The first-order chi connectivity index (χ1) is 29.4. The Labute approximate surface area is 360 Å². The topological polar surface area (TPSA) is 159 Å². The van der Waals surface area contributed by atoms with Crippen molar-refractivity contribution in [3.63, 3.8) is 0 Å². The first kappa shape index (κ1) is 44.2. The third-order valence-corrected chi connectivity index (χ3v) is 12.1. The summed E-state index contributed by atoms with van der Waals surface area (Å²) in [6.45, 7) is 1.11. The molecule has 5 aromatic rings. The van der Waals surface area contributed by atoms with Crippen LogP contribution in [-0.4, -0.2) is 77.0 Å². The minimum atomic E-state index is -1.19. The van der Waals surface area contributed by atoms with E-state index < -0.39 is 59.4 Å². The molecule has 0 spiro atoms. The predicted octanol–water partition coefficient (Wildman–Crippen LogP) is 6.52. The SMILES string of the molecule is C[C@H](C(=O)O)N(C)C(=O)[C@H]1CC(=O)[C@H](CCc2ccccc2)NC(=O)[C@@H](Cc2ccc(-c3ccccc3)cc2)NC(=O)[C@H](Cc2cccs2)CC(=O)COc2ccc(cc2)C1. The summed E-state index contributed by atoms with van der Waals surface area (Å²) in [4.78, 5) is 84.9. The molecule has 0 saturated heterocycles. The van der Waals surface area contributed by atoms with E-state index >= 15 is 0 Å². The fourth-order valence-electron chi connectivity index (χ4n) is 7.45. The second-order valence-electron chi connectivity index (χ2n) is 15.6. The predicted molar refractivity (Wildman–Crippen MR) is 234 cm³/mol. The summed E-state index contributed by atoms with van der Waals surface area (Å²) in [5, 5.41) is 17.6. The van der Waals surface area contributed by atoms with Crippen LogP contribution in [0.25, 0.3) is 11.1 Å². The van der Waals surface area contributed by atoms with Gasteiger partial charge in [0.1, 0.15) is 24.4 Å². The van der Waals surface area contributed by atoms with E-state index in [1.165, 1.54) is 25.3 Å². The quantitative estimate of drug-likeness (QED) is 0.136. The first-order valence-electron chi connectivity index (χ1n) is 20.5. The number of ketones is 2. The molecule has 3 amide bonds. The smallest absolute Gasteiger partial charge is 0.326 e. The highest BCUT2D eigenvalue weighted by molar-refractivity contribution is 7.09. The number of carbonyl (C=O) groups excluding carboxylic acids is 5. The Hall–Kier alpha value is -6.40. The van der Waals surface area contributed by atoms with Crippen LogP contribution in [0.3, 0.4) is 0 Å². The average molecular weight is 842 g/mol. The Morgan fingerprint density at radius 2 is 1.39 bits per heavy atom. The van der Waals surface area contributed by atoms with Crippen molar-refractivity contribution in [2.45, 2.75) is 70.0 Å². The molecule has 11 nitrogen and oxygen atoms in total. The Kier molecular flexibility index (Phi) is 15.4. The van der Waals surface area contributed by atoms with Gasteiger partial charge in [0.2, 0.25) is 17.7 Å². The third-order valence-electron chi connectivity index (χ3n) is 11.2. The van der Waals surface area contributed by atoms with Gasteiger partial charge in [-0.1, -0.05) is 103 Å². The van der Waals surface area contributed by atoms with Crippen molar-refractivity contribution < 1.29 is 38.6 Å². The van der Waals surface area contributed by atoms with Crippen molar-refractivity contribution in [1.82, 2.24) is 15.5 Å². The highest BCUT2D eigenvalue weighted by Crippen LogP contribution is 2.24. The number of thiophene rings is 1. The van der Waals surface area contributed by atoms with E-state index in [2.05, 4.69) is 10.6 Å². The van der Waals surface area contributed by atoms with Gasteiger partial charge in [-0.15, -0.1) is 11.3 Å². The molecular weight excluding hydrogens is 791 g/mol. The zero-order valence-electron chi connectivity index (χ0n) is 34.3. The lowest BCUT2D eigenvalue weighted by Crippen LogP contribution is -2.54. The zero-order chi connectivity index (χ0) is 43.3. The molecule has 3 N–H and O–H groups in total. The zero-order valence-corrected chi connectivity index (χ0v) is 35.1. The Bertz CT molecular complexity index is 2260. The van der Waals surface area contributed by atoms with E-state index in [1.54, 1.807) is 24.3 Å². The molecule has 4 aromatic carbocycles. The van der Waals surface area contributed by atoms with Crippen LogP contribution < -0.4 is 15.4 Å². The molecule has 2 aliphatic heterocycles. The van der Waals surface area contributed by atoms with Crippen molar-refractivity contribution in [1.29, 1.82) is 0 Å². The number of hydrogen-bond donors (Lipinski definition) is 3. The molecule has 12 heteroatoms. The van der Waals surface area contributed by atoms with Crippen LogP contribution in [0.1, 0.15) is 47.8 Å². The van der Waals surface area contributed by atoms with E-state index in [9.17, 15) is 33.9 Å². The molecule has 0 radical (unpaired) electrons. The van der Waals surface area contributed by atoms with Crippen molar-refractivity contribution in [3.8, 4) is 16.9 Å². The molecule has 316 valence electrons. The van der Waals surface area contributed by atoms with Crippen LogP contribution >= 0.6 is 11.3 Å². The molecular formula is C49H51N3O8S. The number of aryl methyl sites for hydroxylation is 1. The number of carboxylic acids is 1. The number of amides is 3. The molecule has 0 aliphatic carbocycles. The lowest BCUT2D eigenvalue weighted by atomic mass is 9.89. The van der Waals surface area contributed by atoms with Crippen LogP contribution in [0.4, 0.5) is 0 Å². The van der Waals surface area contributed by atoms with E-state index in [0.29, 0.717) is 17.7 Å². The summed E-state index contributed by atoms with van der Waals surface area (Å²) >= 11 is 1.47. The molecule has 1 aromatic heterocycles. The Morgan fingerprint density at radius 1 is 0.738 bits per heavy atom. The van der Waals surface area contributed by atoms with Gasteiger partial charge in [-0.05, 0) is 84.0 Å². The summed E-state index contributed by atoms with van der Waals surface area (Å²) in [7, 11) is 1.40. The molecule has 2 aliphatic rings. The van der Waals surface area contributed by atoms with Gasteiger partial charge in [-0.2, -0.15) is 0 Å². The van der Waals surface area contributed by atoms with Crippen molar-refractivity contribution in [2.75, 3.05) is 13.7 Å². The molecule has 61 heavy (non-hydrogen) atoms. The molecule has 7 rings (SSSR count). The summed E-state index contributed by atoms with van der Waals surface area (Å²) in [6.07, 6.45) is 0.660. The fraction of sp³-hybridized carbons (Fsp3) is 0.306. The minimum Gasteiger partial charge on any atom is -0.486 e. The van der Waals surface area contributed by atoms with Gasteiger partial charge in [-0.3, -0.25) is 24.0 Å². The molecule has 0 unspecified atom stereocenters. The molecule has 0 fully saturated rings. The van der Waals surface area contributed by atoms with Gasteiger partial charge >= 0.3 is 5.97 Å². The molecule has 5 atom stereocenters. The lowest BCUT2D eigenvalue weighted by Gasteiger charge is -2.28. The van der Waals surface area contributed by atoms with Gasteiger partial charge in [0.15, 0.2) is 11.6 Å². The number of aliphatic carboxylic acids is 1. The number of ether oxygens (including phenoxy) is 1. The number of likely N-dealkylation sites (N-methyl/N-ethyl adjacent to an activating group) is 1. The molecule has 0 saturated carbocycles. The largest absolute Gasteiger partial charge is 0.486 e. The normalized spacial score (nSPS) is 19.6. The van der Waals surface area contributed by atoms with Gasteiger partial charge < -0.3 is 25.4 Å². The number of fused-ring (bicyclic) bond motifs is 16. The fourth-order valence-corrected chi connectivity index (χ4v) is 8.24. The highest BCUT2D eigenvalue weighted by Gasteiger charge is 2.35. The summed E-state index contributed by atoms with van der Waals surface area (Å²) in [5.74, 6) is -4.90. The Balaban J connectivity index is 1.36. The number of benzene rings is 4. The number of carbonyl (C=O) groups is 6. The maximum absolute atomic E-state index is 14.6. The van der Waals surface area contributed by atoms with Crippen molar-refractivity contribution in [3.05, 3.63) is 148 Å². The van der Waals surface area contributed by atoms with Gasteiger partial charge in [0.25, 0.3) is 0 Å². The first-order valence-corrected chi connectivity index (χ1v) is 21.4. The number of rotatable bonds is 11. The summed E-state index contributed by atoms with van der Waals surface area (Å²) < 4.78 is 5.84. The van der Waals surface area contributed by atoms with Crippen LogP contribution in [-0.2, 0) is 54.5 Å². The van der Waals surface area contributed by atoms with Crippen LogP contribution in [0, 0.1) is 11.8 Å².